The van der Waals surface area contributed by atoms with Gasteiger partial charge in [0.05, 0.1) is 24.0 Å². The number of nitrogens with one attached hydrogen (secondary N) is 1. The molecule has 1 atom stereocenters. The fraction of sp³-hybridized carbons (Fsp3) is 0.500. The summed E-state index contributed by atoms with van der Waals surface area (Å²) in [5.74, 6) is 0.712. The average Bonchev–Trinajstić information content (AvgIpc) is 2.60. The van der Waals surface area contributed by atoms with Crippen LogP contribution in [0.2, 0.25) is 0 Å². The average molecular weight is 357 g/mol. The van der Waals surface area contributed by atoms with E-state index in [-0.39, 0.29) is 5.56 Å². The van der Waals surface area contributed by atoms with Crippen molar-refractivity contribution in [1.29, 1.82) is 0 Å². The molecule has 0 radical (unpaired) electrons. The molecule has 0 fully saturated rings. The fourth-order valence-corrected chi connectivity index (χ4v) is 3.39. The molecule has 2 heterocycles. The summed E-state index contributed by atoms with van der Waals surface area (Å²) >= 11 is 0. The third kappa shape index (κ3) is 4.78. The van der Waals surface area contributed by atoms with Crippen molar-refractivity contribution in [2.24, 2.45) is 0 Å². The summed E-state index contributed by atoms with van der Waals surface area (Å²) in [5.41, 5.74) is 3.87. The number of ether oxygens (including phenoxy) is 1. The van der Waals surface area contributed by atoms with Gasteiger partial charge in [-0.15, -0.1) is 0 Å². The lowest BCUT2D eigenvalue weighted by molar-refractivity contribution is 0.0184. The van der Waals surface area contributed by atoms with Crippen molar-refractivity contribution < 1.29 is 9.84 Å². The van der Waals surface area contributed by atoms with Crippen LogP contribution < -0.4 is 5.56 Å². The molecule has 0 amide bonds. The molecule has 0 spiro atoms. The molecule has 1 aromatic heterocycles. The number of rotatable bonds is 7. The smallest absolute Gasteiger partial charge is 0.255 e. The molecule has 6 heteroatoms. The second-order valence-corrected chi connectivity index (χ2v) is 6.90. The highest BCUT2D eigenvalue weighted by Crippen LogP contribution is 2.15. The lowest BCUT2D eigenvalue weighted by Gasteiger charge is -2.29. The highest BCUT2D eigenvalue weighted by Gasteiger charge is 2.22. The Morgan fingerprint density at radius 3 is 3.04 bits per heavy atom. The van der Waals surface area contributed by atoms with Gasteiger partial charge in [-0.25, -0.2) is 4.98 Å². The van der Waals surface area contributed by atoms with E-state index in [0.717, 1.165) is 24.2 Å². The maximum Gasteiger partial charge on any atom is 0.255 e. The Balaban J connectivity index is 1.69. The van der Waals surface area contributed by atoms with Crippen LogP contribution in [0.3, 0.4) is 0 Å². The minimum Gasteiger partial charge on any atom is -0.389 e. The van der Waals surface area contributed by atoms with Gasteiger partial charge < -0.3 is 14.8 Å². The van der Waals surface area contributed by atoms with E-state index >= 15 is 0 Å². The molecule has 0 saturated carbocycles. The predicted octanol–water partition coefficient (Wildman–Crippen LogP) is 1.42. The minimum absolute atomic E-state index is 0.0679. The molecule has 2 aromatic rings. The van der Waals surface area contributed by atoms with Gasteiger partial charge in [0.15, 0.2) is 0 Å². The largest absolute Gasteiger partial charge is 0.389 e. The first kappa shape index (κ1) is 18.8. The van der Waals surface area contributed by atoms with Gasteiger partial charge in [-0.05, 0) is 19.4 Å². The number of benzene rings is 1. The van der Waals surface area contributed by atoms with Crippen LogP contribution in [-0.2, 0) is 24.1 Å². The first-order chi connectivity index (χ1) is 12.5. The summed E-state index contributed by atoms with van der Waals surface area (Å²) in [4.78, 5) is 22.2. The molecule has 0 saturated heterocycles. The van der Waals surface area contributed by atoms with Gasteiger partial charge in [0.25, 0.3) is 5.56 Å². The summed E-state index contributed by atoms with van der Waals surface area (Å²) in [6, 6.07) is 8.24. The van der Waals surface area contributed by atoms with Gasteiger partial charge in [0, 0.05) is 39.1 Å². The molecule has 1 aromatic carbocycles. The first-order valence-electron chi connectivity index (χ1n) is 9.19. The second-order valence-electron chi connectivity index (χ2n) is 6.90. The van der Waals surface area contributed by atoms with Gasteiger partial charge in [-0.2, -0.15) is 0 Å². The van der Waals surface area contributed by atoms with Gasteiger partial charge in [0.2, 0.25) is 0 Å². The van der Waals surface area contributed by atoms with E-state index in [1.54, 1.807) is 0 Å². The molecule has 26 heavy (non-hydrogen) atoms. The molecule has 0 bridgehead atoms. The van der Waals surface area contributed by atoms with Crippen molar-refractivity contribution in [2.75, 3.05) is 26.3 Å². The van der Waals surface area contributed by atoms with Crippen LogP contribution in [0.1, 0.15) is 35.1 Å². The number of hydrogen-bond donors (Lipinski definition) is 2. The standard InChI is InChI=1S/C20H27N3O3/c1-3-26-13-16(24)11-23-8-7-18-17(12-23)20(25)22-19(21-18)10-15-6-4-5-14(2)9-15/h4-6,9,16,24H,3,7-8,10-13H2,1-2H3,(H,21,22,25). The van der Waals surface area contributed by atoms with Gasteiger partial charge >= 0.3 is 0 Å². The molecular formula is C20H27N3O3. The summed E-state index contributed by atoms with van der Waals surface area (Å²) in [6.45, 7) is 6.69. The number of aliphatic hydroxyl groups is 1. The number of hydrogen-bond acceptors (Lipinski definition) is 5. The number of aromatic nitrogens is 2. The molecule has 3 rings (SSSR count). The van der Waals surface area contributed by atoms with Crippen molar-refractivity contribution in [1.82, 2.24) is 14.9 Å². The number of aryl methyl sites for hydroxylation is 1. The zero-order chi connectivity index (χ0) is 18.5. The minimum atomic E-state index is -0.538. The summed E-state index contributed by atoms with van der Waals surface area (Å²) in [5, 5.41) is 10.0. The van der Waals surface area contributed by atoms with Crippen molar-refractivity contribution in [3.63, 3.8) is 0 Å². The maximum absolute atomic E-state index is 12.5. The van der Waals surface area contributed by atoms with Crippen LogP contribution in [-0.4, -0.2) is 52.4 Å². The Kier molecular flexibility index (Phi) is 6.19. The molecule has 0 aliphatic carbocycles. The van der Waals surface area contributed by atoms with Crippen molar-refractivity contribution in [3.05, 3.63) is 62.8 Å². The zero-order valence-corrected chi connectivity index (χ0v) is 15.5. The quantitative estimate of drug-likeness (QED) is 0.784. The van der Waals surface area contributed by atoms with E-state index in [2.05, 4.69) is 28.9 Å². The Morgan fingerprint density at radius 1 is 1.42 bits per heavy atom. The van der Waals surface area contributed by atoms with Crippen LogP contribution in [0.25, 0.3) is 0 Å². The van der Waals surface area contributed by atoms with Gasteiger partial charge in [0.1, 0.15) is 5.82 Å². The van der Waals surface area contributed by atoms with E-state index in [9.17, 15) is 9.90 Å². The maximum atomic E-state index is 12.5. The third-order valence-electron chi connectivity index (χ3n) is 4.63. The lowest BCUT2D eigenvalue weighted by Crippen LogP contribution is -2.41. The Hall–Kier alpha value is -2.02. The third-order valence-corrected chi connectivity index (χ3v) is 4.63. The normalized spacial score (nSPS) is 15.7. The van der Waals surface area contributed by atoms with Crippen molar-refractivity contribution in [2.45, 2.75) is 39.3 Å². The first-order valence-corrected chi connectivity index (χ1v) is 9.19. The van der Waals surface area contributed by atoms with E-state index < -0.39 is 6.10 Å². The van der Waals surface area contributed by atoms with Crippen molar-refractivity contribution >= 4 is 0 Å². The van der Waals surface area contributed by atoms with Gasteiger partial charge in [-0.3, -0.25) is 9.69 Å². The molecule has 2 N–H and O–H groups in total. The Morgan fingerprint density at radius 2 is 2.27 bits per heavy atom. The van der Waals surface area contributed by atoms with Crippen LogP contribution >= 0.6 is 0 Å². The Bertz CT molecular complexity index is 803. The summed E-state index contributed by atoms with van der Waals surface area (Å²) in [6.07, 6.45) is 0.812. The van der Waals surface area contributed by atoms with Crippen molar-refractivity contribution in [3.8, 4) is 0 Å². The molecule has 1 aliphatic rings. The van der Waals surface area contributed by atoms with E-state index in [0.29, 0.717) is 44.1 Å². The second kappa shape index (κ2) is 8.58. The summed E-state index contributed by atoms with van der Waals surface area (Å²) in [7, 11) is 0. The molecule has 6 nitrogen and oxygen atoms in total. The number of aliphatic hydroxyl groups excluding tert-OH is 1. The summed E-state index contributed by atoms with van der Waals surface area (Å²) < 4.78 is 5.25. The van der Waals surface area contributed by atoms with Crippen LogP contribution in [0, 0.1) is 6.92 Å². The van der Waals surface area contributed by atoms with E-state index in [1.807, 2.05) is 19.1 Å². The highest BCUT2D eigenvalue weighted by atomic mass is 16.5. The molecular weight excluding hydrogens is 330 g/mol. The number of H-pyrrole nitrogens is 1. The topological polar surface area (TPSA) is 78.5 Å². The van der Waals surface area contributed by atoms with E-state index in [4.69, 9.17) is 9.72 Å². The monoisotopic (exact) mass is 357 g/mol. The van der Waals surface area contributed by atoms with Crippen LogP contribution in [0.4, 0.5) is 0 Å². The Labute approximate surface area is 153 Å². The lowest BCUT2D eigenvalue weighted by atomic mass is 10.1. The molecule has 140 valence electrons. The van der Waals surface area contributed by atoms with Crippen LogP contribution in [0.15, 0.2) is 29.1 Å². The van der Waals surface area contributed by atoms with Crippen LogP contribution in [0.5, 0.6) is 0 Å². The van der Waals surface area contributed by atoms with E-state index in [1.165, 1.54) is 5.56 Å². The number of fused-ring (bicyclic) bond motifs is 1. The number of aromatic amines is 1. The molecule has 1 unspecified atom stereocenters. The zero-order valence-electron chi connectivity index (χ0n) is 15.5. The number of nitrogens with zero attached hydrogens (tertiary/aromatic N) is 2. The number of β-amino-alcohol motifs (C(OH)–C–C–N with tert-alkyl or cyclic N) is 1. The molecule has 1 aliphatic heterocycles. The fourth-order valence-electron chi connectivity index (χ4n) is 3.39. The highest BCUT2D eigenvalue weighted by molar-refractivity contribution is 5.27. The SMILES string of the molecule is CCOCC(O)CN1CCc2nc(Cc3cccc(C)c3)[nH]c(=O)c2C1. The van der Waals surface area contributed by atoms with Gasteiger partial charge in [-0.1, -0.05) is 29.8 Å². The predicted molar refractivity (Wildman–Crippen MR) is 100 cm³/mol.